The molecule has 0 radical (unpaired) electrons. The number of carbonyl (C=O) groups excluding carboxylic acids is 1. The molecule has 11 nitrogen and oxygen atoms in total. The minimum absolute atomic E-state index is 0.264. The van der Waals surface area contributed by atoms with Crippen LogP contribution in [-0.4, -0.2) is 46.8 Å². The van der Waals surface area contributed by atoms with Gasteiger partial charge in [-0.05, 0) is 35.7 Å². The van der Waals surface area contributed by atoms with E-state index in [1.165, 1.54) is 42.5 Å². The Morgan fingerprint density at radius 3 is 1.46 bits per heavy atom. The van der Waals surface area contributed by atoms with Crippen molar-refractivity contribution in [3.05, 3.63) is 91.0 Å². The normalized spacial score (nSPS) is 11.5. The highest BCUT2D eigenvalue weighted by atomic mass is 32.3. The first kappa shape index (κ1) is 29.4. The molecule has 0 heterocycles. The summed E-state index contributed by atoms with van der Waals surface area (Å²) in [6, 6.07) is 21.2. The van der Waals surface area contributed by atoms with Gasteiger partial charge in [-0.2, -0.15) is 25.3 Å². The van der Waals surface area contributed by atoms with Gasteiger partial charge in [-0.25, -0.2) is 0 Å². The van der Waals surface area contributed by atoms with Gasteiger partial charge in [0.1, 0.15) is 33.0 Å². The zero-order valence-corrected chi connectivity index (χ0v) is 21.1. The highest BCUT2D eigenvalue weighted by Crippen LogP contribution is 2.29. The smallest absolute Gasteiger partial charge is 0.315 e. The number of para-hydroxylation sites is 2. The van der Waals surface area contributed by atoms with Crippen molar-refractivity contribution >= 4 is 47.9 Å². The van der Waals surface area contributed by atoms with Crippen LogP contribution < -0.4 is 0 Å². The van der Waals surface area contributed by atoms with E-state index in [9.17, 15) is 30.4 Å². The predicted octanol–water partition coefficient (Wildman–Crippen LogP) is 3.09. The molecule has 0 aliphatic carbocycles. The molecule has 0 bridgehead atoms. The van der Waals surface area contributed by atoms with Gasteiger partial charge in [0.25, 0.3) is 10.1 Å². The third-order valence-electron chi connectivity index (χ3n) is 4.48. The molecule has 196 valence electrons. The molecule has 4 aromatic carbocycles. The fourth-order valence-electron chi connectivity index (χ4n) is 2.95. The van der Waals surface area contributed by atoms with Crippen molar-refractivity contribution in [1.82, 2.24) is 0 Å². The van der Waals surface area contributed by atoms with E-state index in [0.29, 0.717) is 10.8 Å². The second-order valence-electron chi connectivity index (χ2n) is 6.86. The molecule has 0 atom stereocenters. The van der Waals surface area contributed by atoms with Crippen molar-refractivity contribution in [1.29, 1.82) is 0 Å². The number of aromatic hydroxyl groups is 2. The molecule has 0 saturated heterocycles. The minimum Gasteiger partial charge on any atom is -0.506 e. The predicted molar refractivity (Wildman–Crippen MR) is 133 cm³/mol. The number of rotatable bonds is 5. The van der Waals surface area contributed by atoms with Gasteiger partial charge in [-0.1, -0.05) is 60.7 Å². The summed E-state index contributed by atoms with van der Waals surface area (Å²) in [4.78, 5) is 6.65. The van der Waals surface area contributed by atoms with Crippen LogP contribution in [0.1, 0.15) is 0 Å². The van der Waals surface area contributed by atoms with Crippen molar-refractivity contribution in [2.24, 2.45) is 0 Å². The molecule has 0 unspecified atom stereocenters. The summed E-state index contributed by atoms with van der Waals surface area (Å²) < 4.78 is 83.2. The molecule has 0 spiro atoms. The molecular weight excluding hydrogens is 548 g/mol. The molecule has 0 aliphatic rings. The summed E-state index contributed by atoms with van der Waals surface area (Å²) in [6.07, 6.45) is 0. The van der Waals surface area contributed by atoms with Crippen LogP contribution >= 0.6 is 0 Å². The SMILES string of the molecule is C=O.O=S(=O)(O)c1ccccc1O.O=S(=O)(OS(=O)(=O)c1cccc2ccccc12)c1ccccc1O. The van der Waals surface area contributed by atoms with Crippen LogP contribution in [0.25, 0.3) is 10.8 Å². The lowest BCUT2D eigenvalue weighted by atomic mass is 10.1. The molecule has 0 aromatic heterocycles. The molecule has 37 heavy (non-hydrogen) atoms. The summed E-state index contributed by atoms with van der Waals surface area (Å²) in [7, 11) is -13.6. The Bertz CT molecular complexity index is 1710. The van der Waals surface area contributed by atoms with Gasteiger partial charge in [-0.3, -0.25) is 4.55 Å². The monoisotopic (exact) mass is 568 g/mol. The standard InChI is InChI=1S/C16H12O6S2.C6H6O4S.CH2O/c17-14-9-3-4-10-16(14)24(20,21)22-23(18,19)15-11-5-7-12-6-1-2-8-13(12)15;7-5-3-1-2-4-6(5)11(8,9)10;1-2/h1-11,17H;1-4,7H,(H,8,9,10);1H2. The van der Waals surface area contributed by atoms with Crippen LogP contribution in [0.5, 0.6) is 11.5 Å². The molecule has 0 fully saturated rings. The van der Waals surface area contributed by atoms with E-state index in [1.54, 1.807) is 30.3 Å². The van der Waals surface area contributed by atoms with E-state index in [2.05, 4.69) is 3.63 Å². The van der Waals surface area contributed by atoms with Gasteiger partial charge in [0.2, 0.25) is 0 Å². The van der Waals surface area contributed by atoms with Crippen molar-refractivity contribution in [2.75, 3.05) is 0 Å². The number of hydrogen-bond donors (Lipinski definition) is 3. The second-order valence-corrected chi connectivity index (χ2v) is 11.5. The van der Waals surface area contributed by atoms with Crippen molar-refractivity contribution in [2.45, 2.75) is 14.7 Å². The van der Waals surface area contributed by atoms with Crippen molar-refractivity contribution in [3.8, 4) is 11.5 Å². The molecule has 14 heteroatoms. The van der Waals surface area contributed by atoms with Gasteiger partial charge in [-0.15, -0.1) is 3.63 Å². The highest BCUT2D eigenvalue weighted by molar-refractivity contribution is 8.00. The van der Waals surface area contributed by atoms with Gasteiger partial charge in [0.15, 0.2) is 0 Å². The molecule has 4 rings (SSSR count). The third kappa shape index (κ3) is 7.34. The largest absolute Gasteiger partial charge is 0.506 e. The molecular formula is C23H20O11S3. The Balaban J connectivity index is 0.000000311. The van der Waals surface area contributed by atoms with Gasteiger partial charge in [0.05, 0.1) is 0 Å². The Morgan fingerprint density at radius 2 is 0.946 bits per heavy atom. The first-order chi connectivity index (χ1) is 17.3. The minimum atomic E-state index is -4.70. The Kier molecular flexibility index (Phi) is 9.49. The van der Waals surface area contributed by atoms with Crippen LogP contribution in [0.3, 0.4) is 0 Å². The third-order valence-corrected chi connectivity index (χ3v) is 8.59. The zero-order chi connectivity index (χ0) is 27.9. The van der Waals surface area contributed by atoms with Gasteiger partial charge >= 0.3 is 20.2 Å². The van der Waals surface area contributed by atoms with Crippen LogP contribution in [0.15, 0.2) is 106 Å². The lowest BCUT2D eigenvalue weighted by Gasteiger charge is -2.09. The van der Waals surface area contributed by atoms with Crippen molar-refractivity contribution < 1.29 is 48.4 Å². The number of benzene rings is 4. The van der Waals surface area contributed by atoms with Crippen LogP contribution in [0.2, 0.25) is 0 Å². The first-order valence-electron chi connectivity index (χ1n) is 9.84. The highest BCUT2D eigenvalue weighted by Gasteiger charge is 2.29. The van der Waals surface area contributed by atoms with E-state index < -0.39 is 51.6 Å². The molecule has 0 amide bonds. The maximum Gasteiger partial charge on any atom is 0.315 e. The van der Waals surface area contributed by atoms with E-state index in [1.807, 2.05) is 6.79 Å². The fourth-order valence-corrected chi connectivity index (χ4v) is 6.33. The number of phenolic OH excluding ortho intramolecular Hbond substituents is 2. The molecule has 0 aliphatic heterocycles. The lowest BCUT2D eigenvalue weighted by molar-refractivity contribution is -0.0980. The summed E-state index contributed by atoms with van der Waals surface area (Å²) >= 11 is 0. The van der Waals surface area contributed by atoms with E-state index in [4.69, 9.17) is 14.5 Å². The van der Waals surface area contributed by atoms with Crippen LogP contribution in [0, 0.1) is 0 Å². The molecule has 4 aromatic rings. The fraction of sp³-hybridized carbons (Fsp3) is 0. The van der Waals surface area contributed by atoms with Crippen molar-refractivity contribution in [3.63, 3.8) is 0 Å². The Hall–Kier alpha value is -3.82. The lowest BCUT2D eigenvalue weighted by Crippen LogP contribution is -2.14. The average molecular weight is 569 g/mol. The van der Waals surface area contributed by atoms with E-state index in [0.717, 1.165) is 18.2 Å². The average Bonchev–Trinajstić information content (AvgIpc) is 2.84. The number of phenols is 2. The number of hydrogen-bond acceptors (Lipinski definition) is 10. The summed E-state index contributed by atoms with van der Waals surface area (Å²) in [5, 5.41) is 19.5. The Labute approximate surface area is 213 Å². The topological polar surface area (TPSA) is 189 Å². The van der Waals surface area contributed by atoms with Crippen LogP contribution in [0.4, 0.5) is 0 Å². The summed E-state index contributed by atoms with van der Waals surface area (Å²) in [5.74, 6) is -1.04. The van der Waals surface area contributed by atoms with E-state index >= 15 is 0 Å². The quantitative estimate of drug-likeness (QED) is 0.300. The van der Waals surface area contributed by atoms with Crippen LogP contribution in [-0.2, 0) is 38.8 Å². The van der Waals surface area contributed by atoms with Gasteiger partial charge < -0.3 is 15.0 Å². The molecule has 3 N–H and O–H groups in total. The second kappa shape index (κ2) is 11.9. The maximum atomic E-state index is 12.5. The maximum absolute atomic E-state index is 12.5. The summed E-state index contributed by atoms with van der Waals surface area (Å²) in [6.45, 7) is 2.00. The van der Waals surface area contributed by atoms with E-state index in [-0.39, 0.29) is 4.90 Å². The van der Waals surface area contributed by atoms with Gasteiger partial charge in [0, 0.05) is 5.39 Å². The number of carbonyl (C=O) groups is 1. The summed E-state index contributed by atoms with van der Waals surface area (Å²) in [5.41, 5.74) is 0. The Morgan fingerprint density at radius 1 is 0.541 bits per heavy atom. The first-order valence-corrected chi connectivity index (χ1v) is 14.1. The number of fused-ring (bicyclic) bond motifs is 1. The zero-order valence-electron chi connectivity index (χ0n) is 18.7. The molecule has 0 saturated carbocycles.